The Kier molecular flexibility index (Phi) is 6.10. The van der Waals surface area contributed by atoms with Crippen LogP contribution in [0.1, 0.15) is 15.9 Å². The molecule has 1 N–H and O–H groups in total. The molecule has 0 aliphatic carbocycles. The third-order valence-corrected chi connectivity index (χ3v) is 4.79. The highest BCUT2D eigenvalue weighted by atomic mass is 35.5. The predicted octanol–water partition coefficient (Wildman–Crippen LogP) is 4.11. The number of benzene rings is 2. The van der Waals surface area contributed by atoms with Crippen LogP contribution in [0.5, 0.6) is 5.75 Å². The number of ether oxygens (including phenoxy) is 1. The van der Waals surface area contributed by atoms with Crippen molar-refractivity contribution in [1.82, 2.24) is 19.6 Å². The summed E-state index contributed by atoms with van der Waals surface area (Å²) in [7, 11) is 0. The normalized spacial score (nSPS) is 10.7. The Hall–Kier alpha value is -3.58. The summed E-state index contributed by atoms with van der Waals surface area (Å²) >= 11 is 6.19. The summed E-state index contributed by atoms with van der Waals surface area (Å²) in [4.78, 5) is 12.6. The van der Waals surface area contributed by atoms with E-state index < -0.39 is 0 Å². The van der Waals surface area contributed by atoms with Crippen LogP contribution in [-0.2, 0) is 13.1 Å². The van der Waals surface area contributed by atoms with Crippen LogP contribution >= 0.6 is 11.6 Å². The smallest absolute Gasteiger partial charge is 0.258 e. The van der Waals surface area contributed by atoms with E-state index in [1.807, 2.05) is 54.7 Å². The first-order valence-corrected chi connectivity index (χ1v) is 9.83. The summed E-state index contributed by atoms with van der Waals surface area (Å²) < 4.78 is 9.23. The molecule has 8 heteroatoms. The highest BCUT2D eigenvalue weighted by Crippen LogP contribution is 2.19. The van der Waals surface area contributed by atoms with Gasteiger partial charge in [-0.25, -0.2) is 0 Å². The highest BCUT2D eigenvalue weighted by Gasteiger charge is 2.10. The third kappa shape index (κ3) is 5.07. The lowest BCUT2D eigenvalue weighted by Crippen LogP contribution is -2.12. The summed E-state index contributed by atoms with van der Waals surface area (Å²) in [6, 6.07) is 16.7. The van der Waals surface area contributed by atoms with E-state index in [2.05, 4.69) is 15.5 Å². The zero-order valence-corrected chi connectivity index (χ0v) is 16.9. The summed E-state index contributed by atoms with van der Waals surface area (Å²) in [6.07, 6.45) is 6.85. The Bertz CT molecular complexity index is 1120. The van der Waals surface area contributed by atoms with Gasteiger partial charge in [0, 0.05) is 35.4 Å². The van der Waals surface area contributed by atoms with Gasteiger partial charge in [-0.3, -0.25) is 14.2 Å². The van der Waals surface area contributed by atoms with Gasteiger partial charge in [-0.15, -0.1) is 0 Å². The van der Waals surface area contributed by atoms with Crippen LogP contribution in [0, 0.1) is 0 Å². The van der Waals surface area contributed by atoms with E-state index in [1.165, 1.54) is 6.20 Å². The second kappa shape index (κ2) is 9.28. The minimum absolute atomic E-state index is 0.242. The van der Waals surface area contributed by atoms with E-state index in [1.54, 1.807) is 27.8 Å². The number of anilines is 1. The van der Waals surface area contributed by atoms with Crippen LogP contribution in [-0.4, -0.2) is 32.1 Å². The van der Waals surface area contributed by atoms with Gasteiger partial charge in [0.05, 0.1) is 24.8 Å². The number of nitrogens with one attached hydrogen (secondary N) is 1. The maximum Gasteiger partial charge on any atom is 0.258 e. The van der Waals surface area contributed by atoms with Crippen molar-refractivity contribution in [1.29, 1.82) is 0 Å². The molecule has 0 saturated heterocycles. The molecule has 0 bridgehead atoms. The molecule has 4 rings (SSSR count). The topological polar surface area (TPSA) is 74.0 Å². The van der Waals surface area contributed by atoms with E-state index in [9.17, 15) is 4.79 Å². The Morgan fingerprint density at radius 1 is 1.07 bits per heavy atom. The molecular formula is C22H20ClN5O2. The first-order valence-electron chi connectivity index (χ1n) is 9.45. The van der Waals surface area contributed by atoms with Crippen LogP contribution in [0.3, 0.4) is 0 Å². The van der Waals surface area contributed by atoms with E-state index in [4.69, 9.17) is 16.3 Å². The Morgan fingerprint density at radius 2 is 1.97 bits per heavy atom. The lowest BCUT2D eigenvalue weighted by Gasteiger charge is -2.09. The maximum absolute atomic E-state index is 12.6. The molecule has 7 nitrogen and oxygen atoms in total. The predicted molar refractivity (Wildman–Crippen MR) is 115 cm³/mol. The first-order chi connectivity index (χ1) is 14.7. The fourth-order valence-corrected chi connectivity index (χ4v) is 3.12. The van der Waals surface area contributed by atoms with Gasteiger partial charge in [-0.05, 0) is 29.8 Å². The van der Waals surface area contributed by atoms with Crippen molar-refractivity contribution in [2.45, 2.75) is 13.1 Å². The Balaban J connectivity index is 1.34. The molecule has 2 aromatic carbocycles. The maximum atomic E-state index is 12.6. The molecule has 0 atom stereocenters. The van der Waals surface area contributed by atoms with Crippen LogP contribution in [0.15, 0.2) is 79.4 Å². The monoisotopic (exact) mass is 421 g/mol. The van der Waals surface area contributed by atoms with E-state index in [0.717, 1.165) is 5.56 Å². The number of nitrogens with zero attached hydrogens (tertiary/aromatic N) is 4. The van der Waals surface area contributed by atoms with E-state index in [0.29, 0.717) is 41.7 Å². The Morgan fingerprint density at radius 3 is 2.80 bits per heavy atom. The molecule has 2 aromatic heterocycles. The van der Waals surface area contributed by atoms with Gasteiger partial charge in [0.1, 0.15) is 12.4 Å². The van der Waals surface area contributed by atoms with Crippen molar-refractivity contribution < 1.29 is 9.53 Å². The van der Waals surface area contributed by atoms with Crippen molar-refractivity contribution in [2.24, 2.45) is 0 Å². The van der Waals surface area contributed by atoms with E-state index in [-0.39, 0.29) is 5.91 Å². The average Bonchev–Trinajstić information content (AvgIpc) is 3.42. The van der Waals surface area contributed by atoms with Gasteiger partial charge in [0.2, 0.25) is 0 Å². The van der Waals surface area contributed by atoms with Crippen molar-refractivity contribution in [3.63, 3.8) is 0 Å². The van der Waals surface area contributed by atoms with Crippen molar-refractivity contribution in [2.75, 3.05) is 11.9 Å². The molecule has 2 heterocycles. The molecule has 0 saturated carbocycles. The lowest BCUT2D eigenvalue weighted by atomic mass is 10.2. The van der Waals surface area contributed by atoms with Crippen LogP contribution in [0.25, 0.3) is 0 Å². The number of aromatic nitrogens is 4. The van der Waals surface area contributed by atoms with Crippen molar-refractivity contribution in [3.05, 3.63) is 95.5 Å². The summed E-state index contributed by atoms with van der Waals surface area (Å²) in [5.74, 6) is 0.434. The van der Waals surface area contributed by atoms with Crippen LogP contribution in [0.4, 0.5) is 5.69 Å². The zero-order valence-electron chi connectivity index (χ0n) is 16.1. The average molecular weight is 422 g/mol. The van der Waals surface area contributed by atoms with Gasteiger partial charge >= 0.3 is 0 Å². The molecule has 0 aliphatic heterocycles. The van der Waals surface area contributed by atoms with Gasteiger partial charge in [-0.2, -0.15) is 10.2 Å². The molecule has 0 fully saturated rings. The first kappa shape index (κ1) is 19.7. The molecule has 4 aromatic rings. The summed E-state index contributed by atoms with van der Waals surface area (Å²) in [5, 5.41) is 11.9. The number of halogens is 1. The molecule has 30 heavy (non-hydrogen) atoms. The molecule has 152 valence electrons. The standard InChI is InChI=1S/C22H20ClN5O2/c23-21-8-2-1-5-17(21)15-28-16-18(14-25-28)22(29)26-19-6-3-7-20(13-19)30-12-11-27-10-4-9-24-27/h1-10,13-14,16H,11-12,15H2,(H,26,29). The van der Waals surface area contributed by atoms with E-state index >= 15 is 0 Å². The highest BCUT2D eigenvalue weighted by molar-refractivity contribution is 6.31. The molecule has 0 spiro atoms. The molecule has 1 amide bonds. The number of amides is 1. The number of carbonyl (C=O) groups excluding carboxylic acids is 1. The third-order valence-electron chi connectivity index (χ3n) is 4.43. The minimum atomic E-state index is -0.242. The summed E-state index contributed by atoms with van der Waals surface area (Å²) in [6.45, 7) is 1.62. The van der Waals surface area contributed by atoms with Crippen molar-refractivity contribution in [3.8, 4) is 5.75 Å². The van der Waals surface area contributed by atoms with Gasteiger partial charge in [-0.1, -0.05) is 35.9 Å². The van der Waals surface area contributed by atoms with Crippen LogP contribution < -0.4 is 10.1 Å². The second-order valence-electron chi connectivity index (χ2n) is 6.62. The fourth-order valence-electron chi connectivity index (χ4n) is 2.93. The molecule has 0 aliphatic rings. The van der Waals surface area contributed by atoms with Gasteiger partial charge in [0.15, 0.2) is 0 Å². The number of hydrogen-bond donors (Lipinski definition) is 1. The largest absolute Gasteiger partial charge is 0.492 e. The summed E-state index contributed by atoms with van der Waals surface area (Å²) in [5.41, 5.74) is 2.05. The number of hydrogen-bond acceptors (Lipinski definition) is 4. The SMILES string of the molecule is O=C(Nc1cccc(OCCn2cccn2)c1)c1cnn(Cc2ccccc2Cl)c1. The van der Waals surface area contributed by atoms with Gasteiger partial charge < -0.3 is 10.1 Å². The number of carbonyl (C=O) groups is 1. The van der Waals surface area contributed by atoms with Crippen molar-refractivity contribution >= 4 is 23.2 Å². The fraction of sp³-hybridized carbons (Fsp3) is 0.136. The Labute approximate surface area is 178 Å². The van der Waals surface area contributed by atoms with Gasteiger partial charge in [0.25, 0.3) is 5.91 Å². The van der Waals surface area contributed by atoms with Crippen LogP contribution in [0.2, 0.25) is 5.02 Å². The number of rotatable bonds is 8. The quantitative estimate of drug-likeness (QED) is 0.464. The second-order valence-corrected chi connectivity index (χ2v) is 7.02. The molecule has 0 radical (unpaired) electrons. The molecule has 0 unspecified atom stereocenters. The lowest BCUT2D eigenvalue weighted by molar-refractivity contribution is 0.102. The molecular weight excluding hydrogens is 402 g/mol. The zero-order chi connectivity index (χ0) is 20.8. The minimum Gasteiger partial charge on any atom is -0.492 e.